The van der Waals surface area contributed by atoms with Gasteiger partial charge in [0.2, 0.25) is 0 Å². The van der Waals surface area contributed by atoms with Gasteiger partial charge in [0.05, 0.1) is 24.2 Å². The molecule has 0 radical (unpaired) electrons. The smallest absolute Gasteiger partial charge is 0.0968 e. The molecular formula is C23H25N3. The van der Waals surface area contributed by atoms with Gasteiger partial charge in [0, 0.05) is 0 Å². The highest BCUT2D eigenvalue weighted by molar-refractivity contribution is 5.18. The molecule has 3 nitrogen and oxygen atoms in total. The number of nitrogens with zero attached hydrogens (tertiary/aromatic N) is 2. The van der Waals surface area contributed by atoms with E-state index in [1.165, 1.54) is 11.1 Å². The van der Waals surface area contributed by atoms with Gasteiger partial charge in [-0.25, -0.2) is 0 Å². The third-order valence-electron chi connectivity index (χ3n) is 5.56. The first-order valence-electron chi connectivity index (χ1n) is 9.36. The fourth-order valence-electron chi connectivity index (χ4n) is 4.12. The number of piperidine rings is 1. The third kappa shape index (κ3) is 4.72. The Hall–Kier alpha value is -2.62. The highest BCUT2D eigenvalue weighted by Gasteiger charge is 2.40. The largest absolute Gasteiger partial charge is 0.287 e. The second-order valence-corrected chi connectivity index (χ2v) is 7.41. The maximum atomic E-state index is 9.49. The minimum atomic E-state index is -0.236. The van der Waals surface area contributed by atoms with Crippen molar-refractivity contribution < 1.29 is 0 Å². The quantitative estimate of drug-likeness (QED) is 0.845. The fraction of sp³-hybridized carbons (Fsp3) is 0.391. The summed E-state index contributed by atoms with van der Waals surface area (Å²) in [5.41, 5.74) is 2.68. The molecule has 26 heavy (non-hydrogen) atoms. The van der Waals surface area contributed by atoms with Gasteiger partial charge < -0.3 is 0 Å². The maximum absolute atomic E-state index is 9.49. The van der Waals surface area contributed by atoms with E-state index in [2.05, 4.69) is 66.0 Å². The van der Waals surface area contributed by atoms with Crippen LogP contribution in [-0.2, 0) is 12.8 Å². The molecular weight excluding hydrogens is 318 g/mol. The molecule has 0 aliphatic carbocycles. The summed E-state index contributed by atoms with van der Waals surface area (Å²) in [7, 11) is 0. The van der Waals surface area contributed by atoms with Crippen LogP contribution in [0.5, 0.6) is 0 Å². The van der Waals surface area contributed by atoms with E-state index in [0.29, 0.717) is 0 Å². The Bertz CT molecular complexity index is 703. The summed E-state index contributed by atoms with van der Waals surface area (Å²) in [6, 6.07) is 25.3. The van der Waals surface area contributed by atoms with E-state index in [0.717, 1.165) is 38.5 Å². The van der Waals surface area contributed by atoms with Crippen LogP contribution < -0.4 is 5.32 Å². The topological polar surface area (TPSA) is 59.6 Å². The first-order chi connectivity index (χ1) is 12.7. The highest BCUT2D eigenvalue weighted by Crippen LogP contribution is 2.42. The average molecular weight is 343 g/mol. The molecule has 0 saturated carbocycles. The molecule has 0 aromatic heterocycles. The van der Waals surface area contributed by atoms with Crippen molar-refractivity contribution in [3.05, 3.63) is 71.8 Å². The van der Waals surface area contributed by atoms with Crippen LogP contribution in [0.4, 0.5) is 0 Å². The van der Waals surface area contributed by atoms with Gasteiger partial charge in [0.25, 0.3) is 0 Å². The monoisotopic (exact) mass is 343 g/mol. The fourth-order valence-corrected chi connectivity index (χ4v) is 4.12. The second kappa shape index (κ2) is 8.65. The number of nitrogens with one attached hydrogen (secondary N) is 1. The number of aryl methyl sites for hydroxylation is 2. The Kier molecular flexibility index (Phi) is 6.05. The zero-order valence-electron chi connectivity index (χ0n) is 15.1. The normalized spacial score (nSPS) is 21.5. The summed E-state index contributed by atoms with van der Waals surface area (Å²) < 4.78 is 0. The Morgan fingerprint density at radius 1 is 0.769 bits per heavy atom. The van der Waals surface area contributed by atoms with E-state index >= 15 is 0 Å². The van der Waals surface area contributed by atoms with Gasteiger partial charge in [0.1, 0.15) is 0 Å². The van der Waals surface area contributed by atoms with Crippen LogP contribution in [-0.4, -0.2) is 12.1 Å². The van der Waals surface area contributed by atoms with Gasteiger partial charge >= 0.3 is 0 Å². The molecule has 0 bridgehead atoms. The van der Waals surface area contributed by atoms with E-state index in [9.17, 15) is 10.5 Å². The van der Waals surface area contributed by atoms with E-state index in [-0.39, 0.29) is 17.5 Å². The lowest BCUT2D eigenvalue weighted by Gasteiger charge is -2.42. The Balaban J connectivity index is 1.77. The number of hydrogen-bond acceptors (Lipinski definition) is 3. The molecule has 3 rings (SSSR count). The van der Waals surface area contributed by atoms with Crippen LogP contribution in [0, 0.1) is 28.1 Å². The Morgan fingerprint density at radius 2 is 1.19 bits per heavy atom. The average Bonchev–Trinajstić information content (AvgIpc) is 2.72. The number of nitriles is 2. The van der Waals surface area contributed by atoms with E-state index < -0.39 is 0 Å². The number of benzene rings is 2. The zero-order valence-corrected chi connectivity index (χ0v) is 15.1. The minimum absolute atomic E-state index is 0.0255. The molecule has 0 spiro atoms. The lowest BCUT2D eigenvalue weighted by molar-refractivity contribution is 0.134. The summed E-state index contributed by atoms with van der Waals surface area (Å²) in [6.45, 7) is 0. The van der Waals surface area contributed by atoms with Gasteiger partial charge in [0.15, 0.2) is 0 Å². The number of rotatable bonds is 6. The Labute approximate surface area is 156 Å². The van der Waals surface area contributed by atoms with Crippen molar-refractivity contribution >= 4 is 0 Å². The molecule has 1 heterocycles. The van der Waals surface area contributed by atoms with Crippen LogP contribution in [0.1, 0.15) is 36.8 Å². The van der Waals surface area contributed by atoms with Crippen molar-refractivity contribution in [3.8, 4) is 12.1 Å². The van der Waals surface area contributed by atoms with E-state index in [1.54, 1.807) is 0 Å². The third-order valence-corrected chi connectivity index (χ3v) is 5.56. The molecule has 132 valence electrons. The van der Waals surface area contributed by atoms with Gasteiger partial charge in [-0.1, -0.05) is 60.7 Å². The van der Waals surface area contributed by atoms with Crippen molar-refractivity contribution in [2.75, 3.05) is 0 Å². The highest BCUT2D eigenvalue weighted by atomic mass is 15.0. The zero-order chi connectivity index (χ0) is 18.2. The lowest BCUT2D eigenvalue weighted by atomic mass is 9.67. The molecule has 1 saturated heterocycles. The van der Waals surface area contributed by atoms with E-state index in [1.807, 2.05) is 12.1 Å². The van der Waals surface area contributed by atoms with Crippen molar-refractivity contribution in [3.63, 3.8) is 0 Å². The Morgan fingerprint density at radius 3 is 1.58 bits per heavy atom. The second-order valence-electron chi connectivity index (χ2n) is 7.41. The summed E-state index contributed by atoms with van der Waals surface area (Å²) in [4.78, 5) is 0. The number of hydrogen-bond donors (Lipinski definition) is 1. The molecule has 3 heteroatoms. The first kappa shape index (κ1) is 18.2. The van der Waals surface area contributed by atoms with Crippen LogP contribution >= 0.6 is 0 Å². The van der Waals surface area contributed by atoms with Crippen molar-refractivity contribution in [2.24, 2.45) is 5.41 Å². The lowest BCUT2D eigenvalue weighted by Crippen LogP contribution is -2.49. The van der Waals surface area contributed by atoms with Gasteiger partial charge in [-0.2, -0.15) is 10.5 Å². The summed E-state index contributed by atoms with van der Waals surface area (Å²) in [5, 5.41) is 22.2. The summed E-state index contributed by atoms with van der Waals surface area (Å²) in [5.74, 6) is 0. The summed E-state index contributed by atoms with van der Waals surface area (Å²) in [6.07, 6.45) is 5.66. The van der Waals surface area contributed by atoms with Crippen LogP contribution in [0.2, 0.25) is 0 Å². The predicted octanol–water partition coefficient (Wildman–Crippen LogP) is 4.41. The molecule has 1 aliphatic rings. The minimum Gasteiger partial charge on any atom is -0.287 e. The van der Waals surface area contributed by atoms with Crippen LogP contribution in [0.25, 0.3) is 0 Å². The molecule has 1 N–H and O–H groups in total. The molecule has 2 atom stereocenters. The molecule has 0 amide bonds. The molecule has 2 aromatic carbocycles. The standard InChI is InChI=1S/C23H25N3/c24-17-21-15-23(16-22(18-25)26-21,13-11-19-7-3-1-4-8-19)14-12-20-9-5-2-6-10-20/h1-10,21-22,26H,11-16H2/t21-,22-/m0/s1. The molecule has 2 aromatic rings. The maximum Gasteiger partial charge on any atom is 0.0968 e. The molecule has 0 unspecified atom stereocenters. The van der Waals surface area contributed by atoms with Crippen LogP contribution in [0.3, 0.4) is 0 Å². The SMILES string of the molecule is N#C[C@@H]1CC(CCc2ccccc2)(CCc2ccccc2)C[C@@H](C#N)N1. The van der Waals surface area contributed by atoms with Gasteiger partial charge in [-0.15, -0.1) is 0 Å². The van der Waals surface area contributed by atoms with Gasteiger partial charge in [-0.05, 0) is 55.1 Å². The summed E-state index contributed by atoms with van der Waals surface area (Å²) >= 11 is 0. The van der Waals surface area contributed by atoms with Crippen molar-refractivity contribution in [1.82, 2.24) is 5.32 Å². The van der Waals surface area contributed by atoms with Crippen molar-refractivity contribution in [2.45, 2.75) is 50.6 Å². The van der Waals surface area contributed by atoms with Gasteiger partial charge in [-0.3, -0.25) is 5.32 Å². The van der Waals surface area contributed by atoms with Crippen molar-refractivity contribution in [1.29, 1.82) is 10.5 Å². The molecule has 1 fully saturated rings. The first-order valence-corrected chi connectivity index (χ1v) is 9.36. The predicted molar refractivity (Wildman–Crippen MR) is 103 cm³/mol. The van der Waals surface area contributed by atoms with E-state index in [4.69, 9.17) is 0 Å². The molecule has 1 aliphatic heterocycles. The van der Waals surface area contributed by atoms with Crippen LogP contribution in [0.15, 0.2) is 60.7 Å².